The van der Waals surface area contributed by atoms with E-state index in [2.05, 4.69) is 53.3 Å². The maximum atomic E-state index is 12.0. The van der Waals surface area contributed by atoms with E-state index in [0.717, 1.165) is 26.2 Å². The number of terminal acetylenes is 1. The minimum atomic E-state index is -0.329. The van der Waals surface area contributed by atoms with Crippen molar-refractivity contribution in [1.29, 1.82) is 0 Å². The number of aromatic nitrogens is 4. The van der Waals surface area contributed by atoms with Crippen molar-refractivity contribution in [2.75, 3.05) is 50.0 Å². The predicted molar refractivity (Wildman–Crippen MR) is 108 cm³/mol. The molecule has 0 unspecified atom stereocenters. The van der Waals surface area contributed by atoms with E-state index in [1.165, 1.54) is 0 Å². The van der Waals surface area contributed by atoms with Crippen LogP contribution in [0.1, 0.15) is 23.2 Å². The lowest BCUT2D eigenvalue weighted by molar-refractivity contribution is 0.0954. The molecule has 1 amide bonds. The Bertz CT molecular complexity index is 870. The average Bonchev–Trinajstić information content (AvgIpc) is 2.72. The van der Waals surface area contributed by atoms with Gasteiger partial charge in [-0.1, -0.05) is 18.9 Å². The molecule has 1 aliphatic rings. The lowest BCUT2D eigenvalue weighted by Crippen LogP contribution is -2.45. The van der Waals surface area contributed by atoms with Gasteiger partial charge in [-0.25, -0.2) is 4.98 Å². The summed E-state index contributed by atoms with van der Waals surface area (Å²) in [7, 11) is 2.10. The van der Waals surface area contributed by atoms with E-state index in [-0.39, 0.29) is 18.1 Å². The molecule has 0 radical (unpaired) electrons. The molecule has 1 aliphatic heterocycles. The lowest BCUT2D eigenvalue weighted by Gasteiger charge is -2.32. The van der Waals surface area contributed by atoms with Gasteiger partial charge < -0.3 is 20.4 Å². The maximum Gasteiger partial charge on any atom is 0.270 e. The fourth-order valence-corrected chi connectivity index (χ4v) is 2.74. The summed E-state index contributed by atoms with van der Waals surface area (Å²) < 4.78 is 0. The Kier molecular flexibility index (Phi) is 6.34. The van der Waals surface area contributed by atoms with Crippen molar-refractivity contribution in [3.63, 3.8) is 0 Å². The van der Waals surface area contributed by atoms with E-state index in [9.17, 15) is 4.79 Å². The van der Waals surface area contributed by atoms with Gasteiger partial charge >= 0.3 is 0 Å². The van der Waals surface area contributed by atoms with E-state index in [4.69, 9.17) is 6.42 Å². The van der Waals surface area contributed by atoms with Gasteiger partial charge in [0, 0.05) is 32.6 Å². The third-order valence-electron chi connectivity index (χ3n) is 4.34. The second kappa shape index (κ2) is 9.10. The minimum absolute atomic E-state index is 0.153. The van der Waals surface area contributed by atoms with Crippen molar-refractivity contribution in [2.24, 2.45) is 0 Å². The summed E-state index contributed by atoms with van der Waals surface area (Å²) in [5, 5.41) is 5.68. The maximum absolute atomic E-state index is 12.0. The van der Waals surface area contributed by atoms with E-state index in [1.54, 1.807) is 18.2 Å². The van der Waals surface area contributed by atoms with Crippen LogP contribution in [0.4, 0.5) is 17.7 Å². The van der Waals surface area contributed by atoms with Gasteiger partial charge in [0.05, 0.1) is 6.54 Å². The number of carbonyl (C=O) groups is 1. The fraction of sp³-hybridized carbons (Fsp3) is 0.421. The molecule has 3 rings (SSSR count). The summed E-state index contributed by atoms with van der Waals surface area (Å²) in [5.74, 6) is 4.29. The molecule has 0 aliphatic carbocycles. The summed E-state index contributed by atoms with van der Waals surface area (Å²) >= 11 is 0. The number of hydrogen-bond acceptors (Lipinski definition) is 8. The molecule has 2 N–H and O–H groups in total. The molecule has 0 atom stereocenters. The van der Waals surface area contributed by atoms with Crippen molar-refractivity contribution >= 4 is 23.6 Å². The Hall–Kier alpha value is -3.25. The van der Waals surface area contributed by atoms with Crippen molar-refractivity contribution in [2.45, 2.75) is 13.3 Å². The molecule has 2 aromatic heterocycles. The van der Waals surface area contributed by atoms with Gasteiger partial charge in [-0.15, -0.1) is 6.42 Å². The molecule has 28 heavy (non-hydrogen) atoms. The van der Waals surface area contributed by atoms with Crippen LogP contribution in [0.3, 0.4) is 0 Å². The van der Waals surface area contributed by atoms with Crippen LogP contribution in [0.25, 0.3) is 0 Å². The summed E-state index contributed by atoms with van der Waals surface area (Å²) in [4.78, 5) is 34.4. The molecule has 146 valence electrons. The number of likely N-dealkylation sites (N-methyl/N-ethyl adjacent to an activating group) is 1. The Labute approximate surface area is 164 Å². The highest BCUT2D eigenvalue weighted by Gasteiger charge is 2.18. The van der Waals surface area contributed by atoms with Crippen molar-refractivity contribution in [1.82, 2.24) is 30.2 Å². The number of carbonyl (C=O) groups excluding carboxylic acids is 1. The summed E-state index contributed by atoms with van der Waals surface area (Å²) in [6, 6.07) is 5.11. The number of rotatable bonds is 6. The van der Waals surface area contributed by atoms with E-state index < -0.39 is 0 Å². The Morgan fingerprint density at radius 3 is 2.68 bits per heavy atom. The third-order valence-corrected chi connectivity index (χ3v) is 4.34. The van der Waals surface area contributed by atoms with Crippen LogP contribution in [0.2, 0.25) is 0 Å². The number of pyridine rings is 1. The average molecular weight is 380 g/mol. The van der Waals surface area contributed by atoms with Crippen molar-refractivity contribution in [3.8, 4) is 12.3 Å². The first-order valence-corrected chi connectivity index (χ1v) is 9.23. The smallest absolute Gasteiger partial charge is 0.270 e. The Morgan fingerprint density at radius 1 is 1.18 bits per heavy atom. The second-order valence-electron chi connectivity index (χ2n) is 6.44. The molecule has 0 bridgehead atoms. The van der Waals surface area contributed by atoms with Gasteiger partial charge in [-0.05, 0) is 19.2 Å². The van der Waals surface area contributed by atoms with Crippen LogP contribution in [0.15, 0.2) is 18.2 Å². The highest BCUT2D eigenvalue weighted by molar-refractivity contribution is 5.92. The second-order valence-corrected chi connectivity index (χ2v) is 6.44. The number of hydrogen-bond donors (Lipinski definition) is 2. The number of piperazine rings is 1. The summed E-state index contributed by atoms with van der Waals surface area (Å²) in [6.45, 7) is 5.82. The molecule has 9 heteroatoms. The molecule has 0 saturated carbocycles. The van der Waals surface area contributed by atoms with Crippen LogP contribution in [0.5, 0.6) is 0 Å². The van der Waals surface area contributed by atoms with Gasteiger partial charge in [0.1, 0.15) is 17.3 Å². The zero-order chi connectivity index (χ0) is 19.9. The molecular weight excluding hydrogens is 356 g/mol. The van der Waals surface area contributed by atoms with Crippen molar-refractivity contribution in [3.05, 3.63) is 29.7 Å². The topological polar surface area (TPSA) is 99.2 Å². The first-order chi connectivity index (χ1) is 13.6. The zero-order valence-corrected chi connectivity index (χ0v) is 16.1. The normalized spacial score (nSPS) is 14.4. The molecule has 0 aromatic carbocycles. The number of anilines is 3. The van der Waals surface area contributed by atoms with Crippen LogP contribution in [-0.2, 0) is 6.42 Å². The zero-order valence-electron chi connectivity index (χ0n) is 16.1. The van der Waals surface area contributed by atoms with Crippen LogP contribution in [0, 0.1) is 12.3 Å². The Morgan fingerprint density at radius 2 is 1.96 bits per heavy atom. The van der Waals surface area contributed by atoms with E-state index in [0.29, 0.717) is 30.0 Å². The van der Waals surface area contributed by atoms with Gasteiger partial charge in [-0.3, -0.25) is 4.79 Å². The predicted octanol–water partition coefficient (Wildman–Crippen LogP) is 0.687. The van der Waals surface area contributed by atoms with Crippen molar-refractivity contribution < 1.29 is 4.79 Å². The van der Waals surface area contributed by atoms with Crippen LogP contribution in [-0.4, -0.2) is 70.5 Å². The highest BCUT2D eigenvalue weighted by atomic mass is 16.1. The molecule has 1 fully saturated rings. The number of amides is 1. The van der Waals surface area contributed by atoms with Gasteiger partial charge in [-0.2, -0.15) is 15.0 Å². The number of aryl methyl sites for hydroxylation is 1. The number of nitrogens with one attached hydrogen (secondary N) is 2. The standard InChI is InChI=1S/C19H24N8O/c1-4-9-20-17(28)14-7-6-8-16(21-14)23-18-22-15(5-2)24-19(25-18)27-12-10-26(3)11-13-27/h1,6-8H,5,9-13H2,2-3H3,(H,20,28)(H,21,22,23,24,25). The SMILES string of the molecule is C#CCNC(=O)c1cccc(Nc2nc(CC)nc(N3CCN(C)CC3)n2)n1. The minimum Gasteiger partial charge on any atom is -0.340 e. The van der Waals surface area contributed by atoms with Gasteiger partial charge in [0.15, 0.2) is 0 Å². The monoisotopic (exact) mass is 380 g/mol. The number of nitrogens with zero attached hydrogens (tertiary/aromatic N) is 6. The van der Waals surface area contributed by atoms with Crippen LogP contribution >= 0.6 is 0 Å². The first kappa shape index (κ1) is 19.5. The molecule has 3 heterocycles. The summed E-state index contributed by atoms with van der Waals surface area (Å²) in [5.41, 5.74) is 0.268. The quantitative estimate of drug-likeness (QED) is 0.706. The van der Waals surface area contributed by atoms with E-state index in [1.807, 2.05) is 6.92 Å². The van der Waals surface area contributed by atoms with Crippen LogP contribution < -0.4 is 15.5 Å². The fourth-order valence-electron chi connectivity index (χ4n) is 2.74. The largest absolute Gasteiger partial charge is 0.340 e. The van der Waals surface area contributed by atoms with Gasteiger partial charge in [0.25, 0.3) is 5.91 Å². The molecule has 0 spiro atoms. The molecular formula is C19H24N8O. The molecule has 2 aromatic rings. The lowest BCUT2D eigenvalue weighted by atomic mass is 10.3. The summed E-state index contributed by atoms with van der Waals surface area (Å²) in [6.07, 6.45) is 5.87. The third kappa shape index (κ3) is 4.92. The molecule has 1 saturated heterocycles. The Balaban J connectivity index is 1.79. The van der Waals surface area contributed by atoms with Gasteiger partial charge in [0.2, 0.25) is 11.9 Å². The highest BCUT2D eigenvalue weighted by Crippen LogP contribution is 2.16. The molecule has 9 nitrogen and oxygen atoms in total. The van der Waals surface area contributed by atoms with E-state index >= 15 is 0 Å². The first-order valence-electron chi connectivity index (χ1n) is 9.23.